The van der Waals surface area contributed by atoms with Gasteiger partial charge in [0.1, 0.15) is 0 Å². The van der Waals surface area contributed by atoms with Crippen LogP contribution >= 0.6 is 0 Å². The zero-order chi connectivity index (χ0) is 23.3. The van der Waals surface area contributed by atoms with E-state index in [4.69, 9.17) is 4.74 Å². The maximum absolute atomic E-state index is 12.9. The van der Waals surface area contributed by atoms with Gasteiger partial charge in [-0.1, -0.05) is 36.8 Å². The van der Waals surface area contributed by atoms with Crippen molar-refractivity contribution in [3.8, 4) is 0 Å². The summed E-state index contributed by atoms with van der Waals surface area (Å²) in [5.41, 5.74) is 2.17. The van der Waals surface area contributed by atoms with Gasteiger partial charge in [0.2, 0.25) is 10.0 Å². The summed E-state index contributed by atoms with van der Waals surface area (Å²) < 4.78 is 32.1. The molecule has 8 heteroatoms. The van der Waals surface area contributed by atoms with Crippen LogP contribution in [0.1, 0.15) is 53.7 Å². The van der Waals surface area contributed by atoms with E-state index in [9.17, 15) is 18.0 Å². The zero-order valence-corrected chi connectivity index (χ0v) is 19.5. The lowest BCUT2D eigenvalue weighted by Gasteiger charge is -2.30. The van der Waals surface area contributed by atoms with Crippen LogP contribution in [0.4, 0.5) is 0 Å². The van der Waals surface area contributed by atoms with Gasteiger partial charge in [-0.25, -0.2) is 8.42 Å². The summed E-state index contributed by atoms with van der Waals surface area (Å²) in [5, 5.41) is 2.86. The molecule has 1 fully saturated rings. The van der Waals surface area contributed by atoms with Crippen molar-refractivity contribution in [2.24, 2.45) is 5.92 Å². The fraction of sp³-hybridized carbons (Fsp3) is 0.417. The molecule has 1 aliphatic heterocycles. The highest BCUT2D eigenvalue weighted by Gasteiger charge is 2.29. The number of nitrogens with one attached hydrogen (secondary N) is 1. The van der Waals surface area contributed by atoms with E-state index in [-0.39, 0.29) is 11.3 Å². The molecule has 1 N–H and O–H groups in total. The summed E-state index contributed by atoms with van der Waals surface area (Å²) in [6, 6.07) is 12.9. The second kappa shape index (κ2) is 10.3. The van der Waals surface area contributed by atoms with E-state index >= 15 is 0 Å². The molecule has 2 aromatic carbocycles. The second-order valence-corrected chi connectivity index (χ2v) is 10.3. The first kappa shape index (κ1) is 23.9. The largest absolute Gasteiger partial charge is 0.469 e. The van der Waals surface area contributed by atoms with Gasteiger partial charge in [0, 0.05) is 18.7 Å². The van der Waals surface area contributed by atoms with Crippen molar-refractivity contribution in [1.29, 1.82) is 0 Å². The third kappa shape index (κ3) is 5.75. The third-order valence-corrected chi connectivity index (χ3v) is 7.64. The van der Waals surface area contributed by atoms with E-state index in [0.29, 0.717) is 24.6 Å². The maximum Gasteiger partial charge on any atom is 0.307 e. The van der Waals surface area contributed by atoms with Crippen molar-refractivity contribution >= 4 is 21.9 Å². The van der Waals surface area contributed by atoms with Gasteiger partial charge in [-0.2, -0.15) is 4.31 Å². The summed E-state index contributed by atoms with van der Waals surface area (Å²) in [4.78, 5) is 24.9. The summed E-state index contributed by atoms with van der Waals surface area (Å²) in [6.45, 7) is 5.03. The molecule has 32 heavy (non-hydrogen) atoms. The minimum atomic E-state index is -3.59. The first-order valence-electron chi connectivity index (χ1n) is 10.7. The van der Waals surface area contributed by atoms with Crippen LogP contribution in [0.25, 0.3) is 0 Å². The lowest BCUT2D eigenvalue weighted by atomic mass is 10.0. The maximum atomic E-state index is 12.9. The van der Waals surface area contributed by atoms with E-state index in [2.05, 4.69) is 5.32 Å². The van der Waals surface area contributed by atoms with E-state index in [0.717, 1.165) is 24.0 Å². The van der Waals surface area contributed by atoms with Crippen LogP contribution in [0.3, 0.4) is 0 Å². The van der Waals surface area contributed by atoms with Crippen molar-refractivity contribution in [2.45, 2.75) is 44.0 Å². The molecule has 0 spiro atoms. The van der Waals surface area contributed by atoms with Crippen LogP contribution in [0.15, 0.2) is 53.4 Å². The van der Waals surface area contributed by atoms with E-state index < -0.39 is 27.9 Å². The Balaban J connectivity index is 1.76. The fourth-order valence-electron chi connectivity index (χ4n) is 3.83. The lowest BCUT2D eigenvalue weighted by Crippen LogP contribution is -2.39. The Morgan fingerprint density at radius 2 is 1.78 bits per heavy atom. The quantitative estimate of drug-likeness (QED) is 0.642. The lowest BCUT2D eigenvalue weighted by molar-refractivity contribution is -0.141. The molecule has 1 saturated heterocycles. The summed E-state index contributed by atoms with van der Waals surface area (Å²) in [7, 11) is -2.28. The van der Waals surface area contributed by atoms with Crippen molar-refractivity contribution in [3.05, 3.63) is 65.2 Å². The van der Waals surface area contributed by atoms with Crippen LogP contribution in [0.2, 0.25) is 0 Å². The first-order chi connectivity index (χ1) is 15.2. The predicted octanol–water partition coefficient (Wildman–Crippen LogP) is 3.45. The van der Waals surface area contributed by atoms with Gasteiger partial charge in [0.25, 0.3) is 5.91 Å². The summed E-state index contributed by atoms with van der Waals surface area (Å²) >= 11 is 0. The first-order valence-corrected chi connectivity index (χ1v) is 12.2. The molecule has 3 rings (SSSR count). The number of hydrogen-bond donors (Lipinski definition) is 1. The number of piperidine rings is 1. The predicted molar refractivity (Wildman–Crippen MR) is 122 cm³/mol. The normalized spacial score (nSPS) is 18.0. The molecule has 2 aromatic rings. The van der Waals surface area contributed by atoms with Gasteiger partial charge in [0.05, 0.1) is 24.5 Å². The van der Waals surface area contributed by atoms with Gasteiger partial charge in [0.15, 0.2) is 0 Å². The average Bonchev–Trinajstić information content (AvgIpc) is 2.79. The number of aryl methyl sites for hydroxylation is 1. The number of methoxy groups -OCH3 is 1. The molecule has 1 amide bonds. The SMILES string of the molecule is COC(=O)C[C@@H](NC(=O)c1ccc(S(=O)(=O)N2CCC[C@H](C)C2)cc1)c1ccc(C)cc1. The van der Waals surface area contributed by atoms with Crippen LogP contribution in [-0.4, -0.2) is 44.8 Å². The molecule has 0 bridgehead atoms. The van der Waals surface area contributed by atoms with Gasteiger partial charge in [-0.3, -0.25) is 9.59 Å². The van der Waals surface area contributed by atoms with Gasteiger partial charge in [-0.05, 0) is 55.5 Å². The number of carbonyl (C=O) groups is 2. The number of amides is 1. The summed E-state index contributed by atoms with van der Waals surface area (Å²) in [6.07, 6.45) is 1.87. The van der Waals surface area contributed by atoms with Crippen molar-refractivity contribution < 1.29 is 22.7 Å². The molecule has 0 radical (unpaired) electrons. The van der Waals surface area contributed by atoms with Gasteiger partial charge >= 0.3 is 5.97 Å². The molecule has 7 nitrogen and oxygen atoms in total. The monoisotopic (exact) mass is 458 g/mol. The number of carbonyl (C=O) groups excluding carboxylic acids is 2. The van der Waals surface area contributed by atoms with Crippen LogP contribution < -0.4 is 5.32 Å². The smallest absolute Gasteiger partial charge is 0.307 e. The molecular weight excluding hydrogens is 428 g/mol. The molecule has 0 saturated carbocycles. The molecule has 1 heterocycles. The van der Waals surface area contributed by atoms with Crippen LogP contribution in [-0.2, 0) is 19.6 Å². The molecule has 0 unspecified atom stereocenters. The highest BCUT2D eigenvalue weighted by molar-refractivity contribution is 7.89. The minimum Gasteiger partial charge on any atom is -0.469 e. The second-order valence-electron chi connectivity index (χ2n) is 8.35. The minimum absolute atomic E-state index is 0.00902. The molecule has 172 valence electrons. The third-order valence-electron chi connectivity index (χ3n) is 5.76. The Bertz CT molecular complexity index is 1050. The highest BCUT2D eigenvalue weighted by Crippen LogP contribution is 2.24. The van der Waals surface area contributed by atoms with E-state index in [1.54, 1.807) is 0 Å². The zero-order valence-electron chi connectivity index (χ0n) is 18.7. The summed E-state index contributed by atoms with van der Waals surface area (Å²) in [5.74, 6) is -0.500. The fourth-order valence-corrected chi connectivity index (χ4v) is 5.43. The molecule has 2 atom stereocenters. The highest BCUT2D eigenvalue weighted by atomic mass is 32.2. The number of nitrogens with zero attached hydrogens (tertiary/aromatic N) is 1. The molecular formula is C24H30N2O5S. The standard InChI is InChI=1S/C24H30N2O5S/c1-17-6-8-19(9-7-17)22(15-23(27)31-3)25-24(28)20-10-12-21(13-11-20)32(29,30)26-14-4-5-18(2)16-26/h6-13,18,22H,4-5,14-16H2,1-3H3,(H,25,28)/t18-,22+/m0/s1. The number of sulfonamides is 1. The number of esters is 1. The number of hydrogen-bond acceptors (Lipinski definition) is 5. The van der Waals surface area contributed by atoms with Crippen LogP contribution in [0, 0.1) is 12.8 Å². The topological polar surface area (TPSA) is 92.8 Å². The molecule has 0 aromatic heterocycles. The van der Waals surface area contributed by atoms with Crippen LogP contribution in [0.5, 0.6) is 0 Å². The number of benzene rings is 2. The van der Waals surface area contributed by atoms with Crippen molar-refractivity contribution in [2.75, 3.05) is 20.2 Å². The Labute approximate surface area is 189 Å². The number of rotatable bonds is 7. The molecule has 1 aliphatic rings. The van der Waals surface area contributed by atoms with Crippen molar-refractivity contribution in [3.63, 3.8) is 0 Å². The average molecular weight is 459 g/mol. The van der Waals surface area contributed by atoms with Gasteiger partial charge in [-0.15, -0.1) is 0 Å². The van der Waals surface area contributed by atoms with Crippen molar-refractivity contribution in [1.82, 2.24) is 9.62 Å². The molecule has 0 aliphatic carbocycles. The van der Waals surface area contributed by atoms with Gasteiger partial charge < -0.3 is 10.1 Å². The Morgan fingerprint density at radius 3 is 2.38 bits per heavy atom. The Morgan fingerprint density at radius 1 is 1.12 bits per heavy atom. The Kier molecular flexibility index (Phi) is 7.69. The number of ether oxygens (including phenoxy) is 1. The Hall–Kier alpha value is -2.71. The van der Waals surface area contributed by atoms with E-state index in [1.807, 2.05) is 38.1 Å². The van der Waals surface area contributed by atoms with E-state index in [1.165, 1.54) is 35.7 Å².